The van der Waals surface area contributed by atoms with Crippen molar-refractivity contribution >= 4 is 40.4 Å². The van der Waals surface area contributed by atoms with Gasteiger partial charge in [-0.15, -0.1) is 0 Å². The first-order valence-corrected chi connectivity index (χ1v) is 10.2. The number of allylic oxidation sites excluding steroid dienone is 1. The van der Waals surface area contributed by atoms with Gasteiger partial charge in [-0.25, -0.2) is 0 Å². The van der Waals surface area contributed by atoms with Crippen molar-refractivity contribution in [3.8, 4) is 11.4 Å². The lowest BCUT2D eigenvalue weighted by atomic mass is 10.1. The molecule has 3 heterocycles. The van der Waals surface area contributed by atoms with Crippen LogP contribution in [0.5, 0.6) is 5.75 Å². The second kappa shape index (κ2) is 7.55. The Morgan fingerprint density at radius 2 is 2.00 bits per heavy atom. The molecule has 10 heteroatoms. The first kappa shape index (κ1) is 20.6. The summed E-state index contributed by atoms with van der Waals surface area (Å²) in [6.45, 7) is 5.64. The lowest BCUT2D eigenvalue weighted by molar-refractivity contribution is -0.384. The van der Waals surface area contributed by atoms with Gasteiger partial charge in [0.2, 0.25) is 0 Å². The Kier molecular flexibility index (Phi) is 5.02. The molecule has 0 atom stereocenters. The van der Waals surface area contributed by atoms with Crippen LogP contribution in [-0.4, -0.2) is 38.4 Å². The number of amidine groups is 2. The SMILES string of the molecule is COc1cc([N+](=O)[O-])ccc1-n1c(C)cc(/C=C2\C(=N)N3C(C)=CSC3=NC2=O)c1C. The Morgan fingerprint density at radius 3 is 2.68 bits per heavy atom. The lowest BCUT2D eigenvalue weighted by Crippen LogP contribution is -2.37. The molecule has 1 N–H and O–H groups in total. The predicted octanol–water partition coefficient (Wildman–Crippen LogP) is 4.18. The molecule has 2 aromatic rings. The van der Waals surface area contributed by atoms with Crippen LogP contribution in [0.25, 0.3) is 11.8 Å². The molecule has 9 nitrogen and oxygen atoms in total. The minimum absolute atomic E-state index is 0.0628. The molecule has 31 heavy (non-hydrogen) atoms. The molecule has 158 valence electrons. The number of ether oxygens (including phenoxy) is 1. The Balaban J connectivity index is 1.80. The molecule has 0 spiro atoms. The number of methoxy groups -OCH3 is 1. The number of nitrogens with zero attached hydrogens (tertiary/aromatic N) is 4. The number of nitro groups is 1. The summed E-state index contributed by atoms with van der Waals surface area (Å²) in [7, 11) is 1.46. The standard InChI is InChI=1S/C21H19N5O4S/c1-11-7-14(8-16-19(22)25-12(2)10-31-21(25)23-20(16)27)13(3)24(11)17-6-5-15(26(28)29)9-18(17)30-4/h5-10,22H,1-4H3/b16-8+,22-19?. The zero-order chi connectivity index (χ0) is 22.4. The molecular weight excluding hydrogens is 418 g/mol. The van der Waals surface area contributed by atoms with E-state index >= 15 is 0 Å². The molecule has 0 radical (unpaired) electrons. The van der Waals surface area contributed by atoms with Crippen molar-refractivity contribution in [3.63, 3.8) is 0 Å². The molecule has 0 saturated heterocycles. The quantitative estimate of drug-likeness (QED) is 0.436. The van der Waals surface area contributed by atoms with E-state index in [1.165, 1.54) is 31.0 Å². The topological polar surface area (TPSA) is 114 Å². The molecule has 0 bridgehead atoms. The van der Waals surface area contributed by atoms with Gasteiger partial charge in [0.25, 0.3) is 11.6 Å². The third-order valence-electron chi connectivity index (χ3n) is 5.17. The number of rotatable bonds is 4. The first-order valence-electron chi connectivity index (χ1n) is 9.32. The van der Waals surface area contributed by atoms with Crippen molar-refractivity contribution in [2.24, 2.45) is 4.99 Å². The van der Waals surface area contributed by atoms with Gasteiger partial charge in [0.05, 0.1) is 29.4 Å². The van der Waals surface area contributed by atoms with Crippen LogP contribution in [0.15, 0.2) is 45.9 Å². The highest BCUT2D eigenvalue weighted by molar-refractivity contribution is 8.16. The molecular formula is C21H19N5O4S. The number of fused-ring (bicyclic) bond motifs is 1. The number of hydrogen-bond donors (Lipinski definition) is 1. The molecule has 2 aliphatic rings. The number of aromatic nitrogens is 1. The van der Waals surface area contributed by atoms with Crippen molar-refractivity contribution in [2.45, 2.75) is 20.8 Å². The average Bonchev–Trinajstić information content (AvgIpc) is 3.23. The second-order valence-electron chi connectivity index (χ2n) is 7.09. The van der Waals surface area contributed by atoms with Crippen LogP contribution >= 0.6 is 11.8 Å². The predicted molar refractivity (Wildman–Crippen MR) is 120 cm³/mol. The summed E-state index contributed by atoms with van der Waals surface area (Å²) in [6, 6.07) is 6.33. The largest absolute Gasteiger partial charge is 0.494 e. The minimum Gasteiger partial charge on any atom is -0.494 e. The van der Waals surface area contributed by atoms with E-state index in [1.807, 2.05) is 36.8 Å². The van der Waals surface area contributed by atoms with Crippen LogP contribution in [0.1, 0.15) is 23.9 Å². The van der Waals surface area contributed by atoms with Gasteiger partial charge < -0.3 is 9.30 Å². The third kappa shape index (κ3) is 3.34. The average molecular weight is 437 g/mol. The van der Waals surface area contributed by atoms with Crippen LogP contribution < -0.4 is 4.74 Å². The fraction of sp³-hybridized carbons (Fsp3) is 0.190. The number of aliphatic imine (C=N–C) groups is 1. The first-order chi connectivity index (χ1) is 14.7. The van der Waals surface area contributed by atoms with Gasteiger partial charge >= 0.3 is 0 Å². The Morgan fingerprint density at radius 1 is 1.26 bits per heavy atom. The van der Waals surface area contributed by atoms with Crippen molar-refractivity contribution in [3.05, 3.63) is 68.0 Å². The number of benzene rings is 1. The maximum Gasteiger partial charge on any atom is 0.283 e. The van der Waals surface area contributed by atoms with E-state index in [1.54, 1.807) is 17.0 Å². The van der Waals surface area contributed by atoms with Crippen molar-refractivity contribution in [1.82, 2.24) is 9.47 Å². The molecule has 2 aliphatic heterocycles. The monoisotopic (exact) mass is 437 g/mol. The maximum absolute atomic E-state index is 12.6. The van der Waals surface area contributed by atoms with E-state index in [2.05, 4.69) is 4.99 Å². The summed E-state index contributed by atoms with van der Waals surface area (Å²) in [5.41, 5.74) is 4.03. The van der Waals surface area contributed by atoms with E-state index in [4.69, 9.17) is 10.1 Å². The van der Waals surface area contributed by atoms with Crippen LogP contribution in [-0.2, 0) is 4.79 Å². The van der Waals surface area contributed by atoms with Gasteiger partial charge in [-0.2, -0.15) is 4.99 Å². The molecule has 0 unspecified atom stereocenters. The Bertz CT molecular complexity index is 1250. The zero-order valence-electron chi connectivity index (χ0n) is 17.3. The highest BCUT2D eigenvalue weighted by Gasteiger charge is 2.34. The Labute approximate surface area is 182 Å². The van der Waals surface area contributed by atoms with E-state index in [-0.39, 0.29) is 17.1 Å². The van der Waals surface area contributed by atoms with Crippen molar-refractivity contribution in [1.29, 1.82) is 5.41 Å². The summed E-state index contributed by atoms with van der Waals surface area (Å²) in [5.74, 6) is -0.00294. The van der Waals surface area contributed by atoms with E-state index in [9.17, 15) is 14.9 Å². The maximum atomic E-state index is 12.6. The van der Waals surface area contributed by atoms with E-state index in [0.717, 1.165) is 22.6 Å². The fourth-order valence-corrected chi connectivity index (χ4v) is 4.52. The highest BCUT2D eigenvalue weighted by atomic mass is 32.2. The number of non-ortho nitro benzene ring substituents is 1. The number of carbonyl (C=O) groups is 1. The van der Waals surface area contributed by atoms with Gasteiger partial charge in [-0.3, -0.25) is 25.2 Å². The Hall–Kier alpha value is -3.66. The molecule has 0 aliphatic carbocycles. The number of nitrogens with one attached hydrogen (secondary N) is 1. The van der Waals surface area contributed by atoms with Gasteiger partial charge in [-0.1, -0.05) is 11.8 Å². The molecule has 0 fully saturated rings. The lowest BCUT2D eigenvalue weighted by Gasteiger charge is -2.25. The second-order valence-corrected chi connectivity index (χ2v) is 7.93. The van der Waals surface area contributed by atoms with Gasteiger partial charge in [0, 0.05) is 23.2 Å². The number of thioether (sulfide) groups is 1. The van der Waals surface area contributed by atoms with Crippen molar-refractivity contribution < 1.29 is 14.5 Å². The number of hydrogen-bond acceptors (Lipinski definition) is 6. The molecule has 0 saturated carbocycles. The molecule has 1 aromatic carbocycles. The number of aryl methyl sites for hydroxylation is 1. The van der Waals surface area contributed by atoms with Crippen LogP contribution in [0.4, 0.5) is 5.69 Å². The molecule has 4 rings (SSSR count). The number of carbonyl (C=O) groups excluding carboxylic acids is 1. The van der Waals surface area contributed by atoms with Gasteiger partial charge in [0.15, 0.2) is 5.17 Å². The molecule has 1 aromatic heterocycles. The summed E-state index contributed by atoms with van der Waals surface area (Å²) >= 11 is 1.32. The molecule has 1 amide bonds. The minimum atomic E-state index is -0.473. The summed E-state index contributed by atoms with van der Waals surface area (Å²) in [4.78, 5) is 29.0. The van der Waals surface area contributed by atoms with Crippen molar-refractivity contribution in [2.75, 3.05) is 7.11 Å². The van der Waals surface area contributed by atoms with Gasteiger partial charge in [0.1, 0.15) is 11.6 Å². The fourth-order valence-electron chi connectivity index (χ4n) is 3.67. The summed E-state index contributed by atoms with van der Waals surface area (Å²) in [6.07, 6.45) is 1.66. The smallest absolute Gasteiger partial charge is 0.283 e. The highest BCUT2D eigenvalue weighted by Crippen LogP contribution is 2.34. The van der Waals surface area contributed by atoms with Gasteiger partial charge in [-0.05, 0) is 50.0 Å². The van der Waals surface area contributed by atoms with E-state index < -0.39 is 10.8 Å². The zero-order valence-corrected chi connectivity index (χ0v) is 18.1. The normalized spacial score (nSPS) is 17.0. The van der Waals surface area contributed by atoms with Crippen LogP contribution in [0.2, 0.25) is 0 Å². The summed E-state index contributed by atoms with van der Waals surface area (Å²) < 4.78 is 7.29. The number of amides is 1. The van der Waals surface area contributed by atoms with Crippen LogP contribution in [0.3, 0.4) is 0 Å². The summed E-state index contributed by atoms with van der Waals surface area (Å²) in [5, 5.41) is 22.0. The van der Waals surface area contributed by atoms with Crippen LogP contribution in [0, 0.1) is 29.4 Å². The third-order valence-corrected chi connectivity index (χ3v) is 6.11. The number of nitro benzene ring substituents is 1. The van der Waals surface area contributed by atoms with E-state index in [0.29, 0.717) is 16.6 Å².